The molecule has 9 heteroatoms. The Bertz CT molecular complexity index is 613. The van der Waals surface area contributed by atoms with E-state index in [-0.39, 0.29) is 23.0 Å². The third-order valence-corrected chi connectivity index (χ3v) is 4.09. The number of anilines is 2. The Hall–Kier alpha value is -0.990. The molecule has 0 fully saturated rings. The van der Waals surface area contributed by atoms with E-state index in [4.69, 9.17) is 11.6 Å². The minimum Gasteiger partial charge on any atom is -0.284 e. The first-order valence-corrected chi connectivity index (χ1v) is 8.94. The minimum absolute atomic E-state index is 0.0172. The van der Waals surface area contributed by atoms with E-state index in [1.807, 2.05) is 0 Å². The van der Waals surface area contributed by atoms with Gasteiger partial charge in [0.1, 0.15) is 0 Å². The van der Waals surface area contributed by atoms with Crippen LogP contribution < -0.4 is 9.44 Å². The topological polar surface area (TPSA) is 92.3 Å². The number of nitrogens with one attached hydrogen (secondary N) is 2. The second-order valence-electron chi connectivity index (χ2n) is 3.56. The number of hydrogen-bond donors (Lipinski definition) is 2. The Morgan fingerprint density at radius 1 is 1.11 bits per heavy atom. The highest BCUT2D eigenvalue weighted by atomic mass is 35.5. The van der Waals surface area contributed by atoms with E-state index in [1.54, 1.807) is 0 Å². The molecule has 0 aliphatic carbocycles. The van der Waals surface area contributed by atoms with Crippen LogP contribution in [0.3, 0.4) is 0 Å². The van der Waals surface area contributed by atoms with Gasteiger partial charge in [-0.15, -0.1) is 11.6 Å². The molecule has 0 radical (unpaired) electrons. The number of rotatable bonds is 6. The summed E-state index contributed by atoms with van der Waals surface area (Å²) in [5.41, 5.74) is 0.553. The predicted octanol–water partition coefficient (Wildman–Crippen LogP) is 1.04. The largest absolute Gasteiger partial charge is 0.284 e. The second-order valence-corrected chi connectivity index (χ2v) is 7.53. The molecule has 0 aliphatic heterocycles. The summed E-state index contributed by atoms with van der Waals surface area (Å²) < 4.78 is 49.5. The van der Waals surface area contributed by atoms with Gasteiger partial charge in [0.05, 0.1) is 23.4 Å². The average molecular weight is 313 g/mol. The normalized spacial score (nSPS) is 12.1. The van der Waals surface area contributed by atoms with Crippen LogP contribution in [0.15, 0.2) is 24.3 Å². The van der Waals surface area contributed by atoms with Crippen LogP contribution in [0.25, 0.3) is 0 Å². The molecule has 6 nitrogen and oxygen atoms in total. The van der Waals surface area contributed by atoms with Gasteiger partial charge in [0.25, 0.3) is 0 Å². The molecule has 0 atom stereocenters. The van der Waals surface area contributed by atoms with E-state index in [2.05, 4.69) is 9.44 Å². The first-order chi connectivity index (χ1) is 8.22. The van der Waals surface area contributed by atoms with Gasteiger partial charge in [-0.3, -0.25) is 9.44 Å². The lowest BCUT2D eigenvalue weighted by Crippen LogP contribution is -2.17. The van der Waals surface area contributed by atoms with Crippen LogP contribution in [0.5, 0.6) is 0 Å². The van der Waals surface area contributed by atoms with Crippen LogP contribution in [0.4, 0.5) is 11.4 Å². The van der Waals surface area contributed by atoms with E-state index in [0.717, 1.165) is 6.26 Å². The number of hydrogen-bond acceptors (Lipinski definition) is 4. The third kappa shape index (κ3) is 5.56. The Labute approximate surface area is 111 Å². The fourth-order valence-electron chi connectivity index (χ4n) is 1.19. The standard InChI is InChI=1S/C9H13ClN2O4S2/c1-17(13,14)11-8-3-2-4-9(7-8)12-18(15,16)6-5-10/h2-4,7,11-12H,5-6H2,1H3. The zero-order chi connectivity index (χ0) is 13.8. The Morgan fingerprint density at radius 2 is 1.67 bits per heavy atom. The summed E-state index contributed by atoms with van der Waals surface area (Å²) in [6, 6.07) is 5.94. The van der Waals surface area contributed by atoms with Gasteiger partial charge in [0.2, 0.25) is 20.0 Å². The molecular formula is C9H13ClN2O4S2. The summed E-state index contributed by atoms with van der Waals surface area (Å²) in [6.07, 6.45) is 1.01. The molecule has 0 saturated carbocycles. The first-order valence-electron chi connectivity index (χ1n) is 4.86. The van der Waals surface area contributed by atoms with Crippen molar-refractivity contribution in [2.75, 3.05) is 27.3 Å². The van der Waals surface area contributed by atoms with E-state index in [1.165, 1.54) is 24.3 Å². The first kappa shape index (κ1) is 15.1. The smallest absolute Gasteiger partial charge is 0.233 e. The third-order valence-electron chi connectivity index (χ3n) is 1.79. The van der Waals surface area contributed by atoms with Gasteiger partial charge < -0.3 is 0 Å². The number of halogens is 1. The highest BCUT2D eigenvalue weighted by Gasteiger charge is 2.10. The Kier molecular flexibility index (Phi) is 4.83. The number of sulfonamides is 2. The summed E-state index contributed by atoms with van der Waals surface area (Å²) in [7, 11) is -6.90. The van der Waals surface area contributed by atoms with Gasteiger partial charge in [-0.1, -0.05) is 6.07 Å². The summed E-state index contributed by atoms with van der Waals surface area (Å²) in [5.74, 6) is -0.227. The lowest BCUT2D eigenvalue weighted by atomic mass is 10.3. The predicted molar refractivity (Wildman–Crippen MR) is 73.0 cm³/mol. The average Bonchev–Trinajstić information content (AvgIpc) is 2.13. The molecular weight excluding hydrogens is 300 g/mol. The Morgan fingerprint density at radius 3 is 2.17 bits per heavy atom. The van der Waals surface area contributed by atoms with Gasteiger partial charge in [0, 0.05) is 5.88 Å². The van der Waals surface area contributed by atoms with Gasteiger partial charge in [-0.2, -0.15) is 0 Å². The fraction of sp³-hybridized carbons (Fsp3) is 0.333. The molecule has 18 heavy (non-hydrogen) atoms. The maximum absolute atomic E-state index is 11.5. The lowest BCUT2D eigenvalue weighted by Gasteiger charge is -2.09. The van der Waals surface area contributed by atoms with Crippen molar-refractivity contribution in [2.24, 2.45) is 0 Å². The van der Waals surface area contributed by atoms with E-state index in [0.29, 0.717) is 0 Å². The monoisotopic (exact) mass is 312 g/mol. The molecule has 0 saturated heterocycles. The molecule has 1 aromatic rings. The SMILES string of the molecule is CS(=O)(=O)Nc1cccc(NS(=O)(=O)CCCl)c1. The minimum atomic E-state index is -3.50. The zero-order valence-corrected chi connectivity index (χ0v) is 11.9. The second kappa shape index (κ2) is 5.77. The van der Waals surface area contributed by atoms with Crippen LogP contribution in [-0.2, 0) is 20.0 Å². The van der Waals surface area contributed by atoms with E-state index in [9.17, 15) is 16.8 Å². The zero-order valence-electron chi connectivity index (χ0n) is 9.55. The molecule has 2 N–H and O–H groups in total. The van der Waals surface area contributed by atoms with Crippen molar-refractivity contribution in [3.05, 3.63) is 24.3 Å². The summed E-state index contributed by atoms with van der Waals surface area (Å²) in [6.45, 7) is 0. The maximum atomic E-state index is 11.5. The van der Waals surface area contributed by atoms with E-state index >= 15 is 0 Å². The highest BCUT2D eigenvalue weighted by molar-refractivity contribution is 7.92. The fourth-order valence-corrected chi connectivity index (χ4v) is 3.15. The van der Waals surface area contributed by atoms with Crippen LogP contribution in [0.2, 0.25) is 0 Å². The molecule has 1 aromatic carbocycles. The van der Waals surface area contributed by atoms with Crippen molar-refractivity contribution in [3.63, 3.8) is 0 Å². The van der Waals surface area contributed by atoms with E-state index < -0.39 is 20.0 Å². The van der Waals surface area contributed by atoms with Crippen LogP contribution in [0.1, 0.15) is 0 Å². The molecule has 0 unspecified atom stereocenters. The molecule has 0 heterocycles. The van der Waals surface area contributed by atoms with Gasteiger partial charge >= 0.3 is 0 Å². The van der Waals surface area contributed by atoms with Crippen molar-refractivity contribution >= 4 is 43.0 Å². The summed E-state index contributed by atoms with van der Waals surface area (Å²) >= 11 is 5.36. The summed E-state index contributed by atoms with van der Waals surface area (Å²) in [5, 5.41) is 0. The van der Waals surface area contributed by atoms with Gasteiger partial charge in [-0.05, 0) is 18.2 Å². The maximum Gasteiger partial charge on any atom is 0.233 e. The quantitative estimate of drug-likeness (QED) is 0.768. The van der Waals surface area contributed by atoms with Crippen LogP contribution >= 0.6 is 11.6 Å². The molecule has 0 bridgehead atoms. The molecule has 0 aliphatic rings. The molecule has 0 aromatic heterocycles. The van der Waals surface area contributed by atoms with Gasteiger partial charge in [-0.25, -0.2) is 16.8 Å². The van der Waals surface area contributed by atoms with Gasteiger partial charge in [0.15, 0.2) is 0 Å². The number of benzene rings is 1. The van der Waals surface area contributed by atoms with Crippen molar-refractivity contribution in [2.45, 2.75) is 0 Å². The van der Waals surface area contributed by atoms with Crippen molar-refractivity contribution in [1.82, 2.24) is 0 Å². The van der Waals surface area contributed by atoms with Crippen molar-refractivity contribution in [3.8, 4) is 0 Å². The number of alkyl halides is 1. The molecule has 0 amide bonds. The van der Waals surface area contributed by atoms with Crippen LogP contribution in [0, 0.1) is 0 Å². The lowest BCUT2D eigenvalue weighted by molar-refractivity contribution is 0.602. The van der Waals surface area contributed by atoms with Crippen molar-refractivity contribution < 1.29 is 16.8 Å². The Balaban J connectivity index is 2.90. The molecule has 102 valence electrons. The van der Waals surface area contributed by atoms with Crippen molar-refractivity contribution in [1.29, 1.82) is 0 Å². The summed E-state index contributed by atoms with van der Waals surface area (Å²) in [4.78, 5) is 0. The highest BCUT2D eigenvalue weighted by Crippen LogP contribution is 2.17. The van der Waals surface area contributed by atoms with Crippen LogP contribution in [-0.4, -0.2) is 34.7 Å². The molecule has 0 spiro atoms. The molecule has 1 rings (SSSR count).